The Morgan fingerprint density at radius 1 is 1.30 bits per heavy atom. The summed E-state index contributed by atoms with van der Waals surface area (Å²) in [6.45, 7) is 1.57. The number of hydrogen-bond donors (Lipinski definition) is 0. The molecule has 5 nitrogen and oxygen atoms in total. The Morgan fingerprint density at radius 3 is 2.74 bits per heavy atom. The predicted molar refractivity (Wildman–Crippen MR) is 98.1 cm³/mol. The van der Waals surface area contributed by atoms with E-state index in [1.807, 2.05) is 0 Å². The second-order valence-corrected chi connectivity index (χ2v) is 7.71. The van der Waals surface area contributed by atoms with Crippen LogP contribution in [0.4, 0.5) is 8.78 Å². The summed E-state index contributed by atoms with van der Waals surface area (Å²) in [6, 6.07) is 1.93. The van der Waals surface area contributed by atoms with Gasteiger partial charge in [-0.1, -0.05) is 37.0 Å². The molecule has 2 aromatic rings. The molecule has 1 amide bonds. The molecule has 0 saturated heterocycles. The lowest BCUT2D eigenvalue weighted by Gasteiger charge is -2.07. The largest absolute Gasteiger partial charge is 0.465 e. The summed E-state index contributed by atoms with van der Waals surface area (Å²) >= 11 is 0.986. The first-order chi connectivity index (χ1) is 13.0. The molecular weight excluding hydrogens is 374 g/mol. The maximum absolute atomic E-state index is 14.3. The molecular formula is C19H22F2N2O3S. The third-order valence-corrected chi connectivity index (χ3v) is 5.77. The summed E-state index contributed by atoms with van der Waals surface area (Å²) in [5.41, 5.74) is 0.0526. The van der Waals surface area contributed by atoms with Crippen LogP contribution in [0.5, 0.6) is 0 Å². The lowest BCUT2D eigenvalue weighted by Crippen LogP contribution is -2.23. The first-order valence-corrected chi connectivity index (χ1v) is 10.0. The summed E-state index contributed by atoms with van der Waals surface area (Å²) in [6.07, 6.45) is 5.80. The first kappa shape index (κ1) is 19.7. The standard InChI is InChI=1S/C19H22F2N2O3S/c1-2-26-17(25)11-23-18-14(21)9-13(20)10-15(18)27-19(23)22-16(24)8-7-12-5-3-4-6-12/h9-10,12H,2-8,11H2,1H3. The molecule has 0 unspecified atom stereocenters. The summed E-state index contributed by atoms with van der Waals surface area (Å²) in [7, 11) is 0. The number of hydrogen-bond acceptors (Lipinski definition) is 4. The van der Waals surface area contributed by atoms with Crippen molar-refractivity contribution in [3.8, 4) is 0 Å². The molecule has 1 aliphatic carbocycles. The van der Waals surface area contributed by atoms with Gasteiger partial charge >= 0.3 is 5.97 Å². The van der Waals surface area contributed by atoms with E-state index in [-0.39, 0.29) is 29.4 Å². The molecule has 0 aliphatic heterocycles. The number of nitrogens with zero attached hydrogens (tertiary/aromatic N) is 2. The van der Waals surface area contributed by atoms with Gasteiger partial charge in [-0.15, -0.1) is 0 Å². The fourth-order valence-electron chi connectivity index (χ4n) is 3.49. The zero-order valence-electron chi connectivity index (χ0n) is 15.2. The molecule has 1 heterocycles. The van der Waals surface area contributed by atoms with Gasteiger partial charge in [0.2, 0.25) is 5.91 Å². The molecule has 0 N–H and O–H groups in total. The van der Waals surface area contributed by atoms with Crippen LogP contribution in [0.2, 0.25) is 0 Å². The van der Waals surface area contributed by atoms with Gasteiger partial charge in [0.15, 0.2) is 10.6 Å². The van der Waals surface area contributed by atoms with Gasteiger partial charge in [-0.2, -0.15) is 4.99 Å². The Bertz CT molecular complexity index is 914. The molecule has 1 fully saturated rings. The number of ether oxygens (including phenoxy) is 1. The fourth-order valence-corrected chi connectivity index (χ4v) is 4.57. The maximum atomic E-state index is 14.3. The van der Waals surface area contributed by atoms with Crippen molar-refractivity contribution in [2.45, 2.75) is 52.0 Å². The average molecular weight is 396 g/mol. The lowest BCUT2D eigenvalue weighted by atomic mass is 10.0. The van der Waals surface area contributed by atoms with Crippen LogP contribution < -0.4 is 4.80 Å². The van der Waals surface area contributed by atoms with Gasteiger partial charge in [0.1, 0.15) is 12.4 Å². The van der Waals surface area contributed by atoms with Crippen molar-refractivity contribution in [3.63, 3.8) is 0 Å². The number of halogens is 2. The van der Waals surface area contributed by atoms with Gasteiger partial charge in [0.25, 0.3) is 0 Å². The number of rotatable bonds is 6. The van der Waals surface area contributed by atoms with Crippen molar-refractivity contribution in [1.82, 2.24) is 4.57 Å². The molecule has 3 rings (SSSR count). The van der Waals surface area contributed by atoms with E-state index in [2.05, 4.69) is 4.99 Å². The van der Waals surface area contributed by atoms with Crippen molar-refractivity contribution in [2.75, 3.05) is 6.61 Å². The van der Waals surface area contributed by atoms with Crippen molar-refractivity contribution < 1.29 is 23.1 Å². The second-order valence-electron chi connectivity index (χ2n) is 6.70. The van der Waals surface area contributed by atoms with Crippen LogP contribution in [0.15, 0.2) is 17.1 Å². The van der Waals surface area contributed by atoms with Crippen LogP contribution in [0, 0.1) is 17.6 Å². The number of carbonyl (C=O) groups is 2. The van der Waals surface area contributed by atoms with Crippen LogP contribution in [-0.4, -0.2) is 23.1 Å². The number of carbonyl (C=O) groups excluding carboxylic acids is 2. The van der Waals surface area contributed by atoms with Gasteiger partial charge < -0.3 is 9.30 Å². The highest BCUT2D eigenvalue weighted by atomic mass is 32.1. The number of thiazole rings is 1. The third-order valence-electron chi connectivity index (χ3n) is 4.75. The third kappa shape index (κ3) is 4.80. The van der Waals surface area contributed by atoms with Crippen LogP contribution in [0.1, 0.15) is 45.4 Å². The molecule has 1 aromatic carbocycles. The Kier molecular flexibility index (Phi) is 6.36. The van der Waals surface area contributed by atoms with Gasteiger partial charge in [-0.25, -0.2) is 8.78 Å². The zero-order chi connectivity index (χ0) is 19.4. The van der Waals surface area contributed by atoms with E-state index >= 15 is 0 Å². The van der Waals surface area contributed by atoms with Gasteiger partial charge in [-0.3, -0.25) is 9.59 Å². The van der Waals surface area contributed by atoms with Gasteiger partial charge in [0, 0.05) is 12.5 Å². The van der Waals surface area contributed by atoms with E-state index in [0.717, 1.165) is 36.7 Å². The quantitative estimate of drug-likeness (QED) is 0.695. The van der Waals surface area contributed by atoms with Crippen LogP contribution in [-0.2, 0) is 20.9 Å². The SMILES string of the molecule is CCOC(=O)Cn1c(=NC(=O)CCC2CCCC2)sc2cc(F)cc(F)c21. The Hall–Kier alpha value is -2.09. The first-order valence-electron chi connectivity index (χ1n) is 9.19. The summed E-state index contributed by atoms with van der Waals surface area (Å²) in [4.78, 5) is 28.5. The minimum Gasteiger partial charge on any atom is -0.465 e. The van der Waals surface area contributed by atoms with Crippen LogP contribution >= 0.6 is 11.3 Å². The van der Waals surface area contributed by atoms with Gasteiger partial charge in [0.05, 0.1) is 16.8 Å². The lowest BCUT2D eigenvalue weighted by molar-refractivity contribution is -0.143. The van der Waals surface area contributed by atoms with E-state index in [0.29, 0.717) is 17.0 Å². The average Bonchev–Trinajstić information content (AvgIpc) is 3.22. The molecule has 0 atom stereocenters. The Balaban J connectivity index is 1.93. The molecule has 0 spiro atoms. The van der Waals surface area contributed by atoms with Crippen molar-refractivity contribution in [3.05, 3.63) is 28.6 Å². The molecule has 0 radical (unpaired) electrons. The number of benzene rings is 1. The number of amides is 1. The van der Waals surface area contributed by atoms with E-state index in [1.165, 1.54) is 23.5 Å². The maximum Gasteiger partial charge on any atom is 0.326 e. The normalized spacial score (nSPS) is 15.6. The predicted octanol–water partition coefficient (Wildman–Crippen LogP) is 3.94. The van der Waals surface area contributed by atoms with Crippen molar-refractivity contribution in [2.24, 2.45) is 10.9 Å². The van der Waals surface area contributed by atoms with E-state index < -0.39 is 17.6 Å². The van der Waals surface area contributed by atoms with Gasteiger partial charge in [-0.05, 0) is 25.3 Å². The number of esters is 1. The fraction of sp³-hybridized carbons (Fsp3) is 0.526. The smallest absolute Gasteiger partial charge is 0.326 e. The second kappa shape index (κ2) is 8.73. The molecule has 146 valence electrons. The Labute approximate surface area is 159 Å². The highest BCUT2D eigenvalue weighted by Gasteiger charge is 2.18. The number of fused-ring (bicyclic) bond motifs is 1. The molecule has 1 saturated carbocycles. The highest BCUT2D eigenvalue weighted by molar-refractivity contribution is 7.16. The summed E-state index contributed by atoms with van der Waals surface area (Å²) < 4.78 is 34.4. The highest BCUT2D eigenvalue weighted by Crippen LogP contribution is 2.28. The zero-order valence-corrected chi connectivity index (χ0v) is 16.0. The van der Waals surface area contributed by atoms with E-state index in [9.17, 15) is 18.4 Å². The minimum absolute atomic E-state index is 0.0526. The molecule has 27 heavy (non-hydrogen) atoms. The molecule has 0 bridgehead atoms. The van der Waals surface area contributed by atoms with Crippen molar-refractivity contribution in [1.29, 1.82) is 0 Å². The van der Waals surface area contributed by atoms with E-state index in [1.54, 1.807) is 6.92 Å². The van der Waals surface area contributed by atoms with Crippen LogP contribution in [0.3, 0.4) is 0 Å². The monoisotopic (exact) mass is 396 g/mol. The molecule has 1 aromatic heterocycles. The summed E-state index contributed by atoms with van der Waals surface area (Å²) in [5, 5.41) is 0. The molecule has 1 aliphatic rings. The number of aromatic nitrogens is 1. The summed E-state index contributed by atoms with van der Waals surface area (Å²) in [5.74, 6) is -1.84. The molecule has 8 heteroatoms. The van der Waals surface area contributed by atoms with Crippen molar-refractivity contribution >= 4 is 33.4 Å². The Morgan fingerprint density at radius 2 is 2.04 bits per heavy atom. The topological polar surface area (TPSA) is 60.7 Å². The minimum atomic E-state index is -0.801. The van der Waals surface area contributed by atoms with Crippen LogP contribution in [0.25, 0.3) is 10.2 Å². The van der Waals surface area contributed by atoms with E-state index in [4.69, 9.17) is 4.74 Å².